The molecule has 5 aliphatic rings. The van der Waals surface area contributed by atoms with Crippen LogP contribution in [-0.4, -0.2) is 73.8 Å². The van der Waals surface area contributed by atoms with Gasteiger partial charge in [0.05, 0.1) is 17.1 Å². The van der Waals surface area contributed by atoms with Gasteiger partial charge < -0.3 is 19.8 Å². The van der Waals surface area contributed by atoms with E-state index < -0.39 is 56.5 Å². The number of fused-ring (bicyclic) bond motifs is 6. The predicted octanol–water partition coefficient (Wildman–Crippen LogP) is 4.08. The molecule has 1 aliphatic heterocycles. The van der Waals surface area contributed by atoms with E-state index in [0.717, 1.165) is 41.5 Å². The number of benzene rings is 2. The van der Waals surface area contributed by atoms with E-state index in [1.165, 1.54) is 0 Å². The van der Waals surface area contributed by atoms with Gasteiger partial charge in [-0.25, -0.2) is 8.42 Å². The summed E-state index contributed by atoms with van der Waals surface area (Å²) in [6.45, 7) is 4.75. The molecule has 5 atom stereocenters. The lowest BCUT2D eigenvalue weighted by atomic mass is 9.93. The van der Waals surface area contributed by atoms with Crippen LogP contribution in [0.5, 0.6) is 5.75 Å². The fourth-order valence-electron chi connectivity index (χ4n) is 7.34. The Morgan fingerprint density at radius 3 is 2.57 bits per heavy atom. The van der Waals surface area contributed by atoms with Crippen LogP contribution in [0.4, 0.5) is 0 Å². The summed E-state index contributed by atoms with van der Waals surface area (Å²) in [7, 11) is -2.08. The number of rotatable bonds is 6. The van der Waals surface area contributed by atoms with Crippen molar-refractivity contribution in [1.82, 2.24) is 14.9 Å². The SMILES string of the molecule is C=C[C@H]1C[C@]1(NC(=O)[C@@H]1C[C@@H]2C[C@H]1C(=O)N(C)CCCC/C=C\COc1ccc3c(c1)/C(=N\O2)c1ccccc1-3)C(=O)NS(=O)(=O)C1CC1. The molecule has 7 rings (SSSR count). The number of sulfonamides is 1. The fraction of sp³-hybridized carbons (Fsp3) is 0.459. The Balaban J connectivity index is 1.17. The highest BCUT2D eigenvalue weighted by molar-refractivity contribution is 7.91. The van der Waals surface area contributed by atoms with Gasteiger partial charge >= 0.3 is 0 Å². The average molecular weight is 687 g/mol. The summed E-state index contributed by atoms with van der Waals surface area (Å²) in [6, 6.07) is 13.9. The largest absolute Gasteiger partial charge is 0.490 e. The normalized spacial score (nSPS) is 29.8. The summed E-state index contributed by atoms with van der Waals surface area (Å²) in [4.78, 5) is 49.2. The van der Waals surface area contributed by atoms with Crippen LogP contribution in [0.2, 0.25) is 0 Å². The second-order valence-corrected chi connectivity index (χ2v) is 15.8. The molecule has 3 amide bonds. The van der Waals surface area contributed by atoms with Gasteiger partial charge in [-0.2, -0.15) is 0 Å². The maximum absolute atomic E-state index is 14.1. The average Bonchev–Trinajstić information content (AvgIpc) is 4.00. The first-order chi connectivity index (χ1) is 23.6. The molecule has 2 aromatic carbocycles. The number of carbonyl (C=O) groups is 3. The molecule has 12 heteroatoms. The third kappa shape index (κ3) is 6.50. The van der Waals surface area contributed by atoms with Crippen molar-refractivity contribution in [3.05, 3.63) is 78.4 Å². The number of nitrogens with zero attached hydrogens (tertiary/aromatic N) is 2. The van der Waals surface area contributed by atoms with Crippen molar-refractivity contribution in [2.75, 3.05) is 20.2 Å². The molecule has 3 fully saturated rings. The van der Waals surface area contributed by atoms with E-state index in [0.29, 0.717) is 37.5 Å². The molecule has 258 valence electrons. The topological polar surface area (TPSA) is 143 Å². The number of carbonyl (C=O) groups excluding carboxylic acids is 3. The Morgan fingerprint density at radius 1 is 1.04 bits per heavy atom. The standard InChI is InChI=1S/C37H42N4O7S/c1-3-23-22-37(23,36(44)40-49(45,46)26-14-15-26)38-34(42)31-20-25-21-32(31)35(43)41(2)17-9-5-4-6-10-18-47-24-13-16-28-27-11-7-8-12-29(27)33(39-48-25)30(28)19-24/h3,6-8,10-13,16,19,23,25-26,31-32H,1,4-5,9,14-15,17-18,20-22H2,2H3,(H,38,42)(H,40,44)/b10-6-,39-33-/t23-,25+,31+,32+,37+/m0/s1. The Bertz CT molecular complexity index is 1850. The van der Waals surface area contributed by atoms with Crippen molar-refractivity contribution in [3.63, 3.8) is 0 Å². The summed E-state index contributed by atoms with van der Waals surface area (Å²) in [6.07, 6.45) is 9.28. The van der Waals surface area contributed by atoms with Crippen molar-refractivity contribution in [1.29, 1.82) is 0 Å². The van der Waals surface area contributed by atoms with Gasteiger partial charge in [0.25, 0.3) is 5.91 Å². The van der Waals surface area contributed by atoms with Crippen LogP contribution in [-0.2, 0) is 29.2 Å². The highest BCUT2D eigenvalue weighted by atomic mass is 32.2. The van der Waals surface area contributed by atoms with Crippen LogP contribution in [0.15, 0.2) is 72.4 Å². The second-order valence-electron chi connectivity index (χ2n) is 13.8. The first kappa shape index (κ1) is 33.1. The molecule has 2 aromatic rings. The van der Waals surface area contributed by atoms with Crippen LogP contribution in [0.1, 0.15) is 62.5 Å². The molecule has 4 aliphatic carbocycles. The first-order valence-electron chi connectivity index (χ1n) is 17.1. The van der Waals surface area contributed by atoms with E-state index >= 15 is 0 Å². The third-order valence-corrected chi connectivity index (χ3v) is 12.3. The van der Waals surface area contributed by atoms with E-state index in [4.69, 9.17) is 9.57 Å². The number of hydrogen-bond donors (Lipinski definition) is 2. The van der Waals surface area contributed by atoms with Gasteiger partial charge in [0.15, 0.2) is 0 Å². The van der Waals surface area contributed by atoms with Crippen molar-refractivity contribution >= 4 is 33.5 Å². The van der Waals surface area contributed by atoms with Gasteiger partial charge in [0.2, 0.25) is 21.8 Å². The molecule has 0 aromatic heterocycles. The molecule has 49 heavy (non-hydrogen) atoms. The zero-order chi connectivity index (χ0) is 34.3. The third-order valence-electron chi connectivity index (χ3n) is 10.4. The predicted molar refractivity (Wildman–Crippen MR) is 184 cm³/mol. The van der Waals surface area contributed by atoms with Gasteiger partial charge in [-0.05, 0) is 80.7 Å². The minimum atomic E-state index is -3.82. The van der Waals surface area contributed by atoms with Crippen LogP contribution in [0.25, 0.3) is 11.1 Å². The summed E-state index contributed by atoms with van der Waals surface area (Å²) >= 11 is 0. The number of amides is 3. The van der Waals surface area contributed by atoms with Gasteiger partial charge in [-0.15, -0.1) is 6.58 Å². The number of ether oxygens (including phenoxy) is 1. The van der Waals surface area contributed by atoms with E-state index in [1.54, 1.807) is 18.0 Å². The lowest BCUT2D eigenvalue weighted by Gasteiger charge is -2.26. The van der Waals surface area contributed by atoms with E-state index in [1.807, 2.05) is 48.5 Å². The summed E-state index contributed by atoms with van der Waals surface area (Å²) in [5.74, 6) is -2.66. The number of hydrogen-bond acceptors (Lipinski definition) is 8. The zero-order valence-corrected chi connectivity index (χ0v) is 28.4. The lowest BCUT2D eigenvalue weighted by Crippen LogP contribution is -2.54. The van der Waals surface area contributed by atoms with Crippen LogP contribution in [0, 0.1) is 17.8 Å². The number of oxime groups is 1. The van der Waals surface area contributed by atoms with Gasteiger partial charge in [-0.1, -0.05) is 47.6 Å². The summed E-state index contributed by atoms with van der Waals surface area (Å²) in [5, 5.41) is 6.93. The molecular formula is C37H42N4O7S. The Kier molecular flexibility index (Phi) is 8.85. The quantitative estimate of drug-likeness (QED) is 0.372. The van der Waals surface area contributed by atoms with Crippen molar-refractivity contribution in [3.8, 4) is 16.9 Å². The lowest BCUT2D eigenvalue weighted by molar-refractivity contribution is -0.140. The minimum absolute atomic E-state index is 0.173. The monoisotopic (exact) mass is 686 g/mol. The molecule has 11 nitrogen and oxygen atoms in total. The molecule has 0 unspecified atom stereocenters. The zero-order valence-electron chi connectivity index (χ0n) is 27.6. The van der Waals surface area contributed by atoms with E-state index in [-0.39, 0.29) is 25.2 Å². The van der Waals surface area contributed by atoms with Gasteiger partial charge in [-0.3, -0.25) is 19.1 Å². The summed E-state index contributed by atoms with van der Waals surface area (Å²) in [5.41, 5.74) is 3.04. The Labute approximate surface area is 286 Å². The molecule has 0 radical (unpaired) electrons. The van der Waals surface area contributed by atoms with Crippen LogP contribution >= 0.6 is 0 Å². The number of nitrogens with one attached hydrogen (secondary N) is 2. The molecule has 3 saturated carbocycles. The van der Waals surface area contributed by atoms with Crippen LogP contribution < -0.4 is 14.8 Å². The Morgan fingerprint density at radius 2 is 1.82 bits per heavy atom. The maximum atomic E-state index is 14.1. The molecule has 0 spiro atoms. The molecule has 4 bridgehead atoms. The Hall–Kier alpha value is -4.45. The maximum Gasteiger partial charge on any atom is 0.259 e. The highest BCUT2D eigenvalue weighted by Crippen LogP contribution is 2.47. The fourth-order valence-corrected chi connectivity index (χ4v) is 8.71. The highest BCUT2D eigenvalue weighted by Gasteiger charge is 2.62. The molecule has 0 saturated heterocycles. The molecular weight excluding hydrogens is 644 g/mol. The van der Waals surface area contributed by atoms with E-state index in [9.17, 15) is 22.8 Å². The molecule has 1 heterocycles. The van der Waals surface area contributed by atoms with Crippen molar-refractivity contribution in [2.45, 2.75) is 68.3 Å². The molecule has 2 N–H and O–H groups in total. The van der Waals surface area contributed by atoms with Crippen LogP contribution in [0.3, 0.4) is 0 Å². The smallest absolute Gasteiger partial charge is 0.259 e. The first-order valence-corrected chi connectivity index (χ1v) is 18.7. The van der Waals surface area contributed by atoms with Gasteiger partial charge in [0.1, 0.15) is 29.7 Å². The van der Waals surface area contributed by atoms with E-state index in [2.05, 4.69) is 27.8 Å². The van der Waals surface area contributed by atoms with Crippen molar-refractivity contribution in [2.24, 2.45) is 22.9 Å². The van der Waals surface area contributed by atoms with Crippen molar-refractivity contribution < 1.29 is 32.4 Å². The summed E-state index contributed by atoms with van der Waals surface area (Å²) < 4.78 is 33.5. The second kappa shape index (κ2) is 13.1. The number of allylic oxidation sites excluding steroid dienone is 1. The minimum Gasteiger partial charge on any atom is -0.490 e. The van der Waals surface area contributed by atoms with Gasteiger partial charge in [0, 0.05) is 30.6 Å².